The molecule has 1 N–H and O–H groups in total. The second-order valence-electron chi connectivity index (χ2n) is 5.88. The van der Waals surface area contributed by atoms with Gasteiger partial charge in [-0.25, -0.2) is 0 Å². The summed E-state index contributed by atoms with van der Waals surface area (Å²) in [6.07, 6.45) is 0.761. The van der Waals surface area contributed by atoms with Gasteiger partial charge in [0.25, 0.3) is 0 Å². The lowest BCUT2D eigenvalue weighted by Crippen LogP contribution is -2.35. The van der Waals surface area contributed by atoms with Gasteiger partial charge in [-0.3, -0.25) is 4.79 Å². The predicted octanol–water partition coefficient (Wildman–Crippen LogP) is 5.02. The highest BCUT2D eigenvalue weighted by atomic mass is 35.5. The number of thioether (sulfide) groups is 1. The molecule has 0 aliphatic heterocycles. The number of ether oxygens (including phenoxy) is 1. The second kappa shape index (κ2) is 9.73. The average molecular weight is 378 g/mol. The van der Waals surface area contributed by atoms with Crippen molar-refractivity contribution >= 4 is 29.3 Å². The van der Waals surface area contributed by atoms with E-state index in [1.807, 2.05) is 50.2 Å². The zero-order valence-corrected chi connectivity index (χ0v) is 16.4. The van der Waals surface area contributed by atoms with Crippen molar-refractivity contribution in [3.05, 3.63) is 58.6 Å². The molecule has 0 unspecified atom stereocenters. The number of amides is 1. The molecule has 0 fully saturated rings. The highest BCUT2D eigenvalue weighted by Crippen LogP contribution is 2.26. The van der Waals surface area contributed by atoms with Crippen molar-refractivity contribution in [2.75, 3.05) is 13.2 Å². The molecule has 1 amide bonds. The number of nitrogens with one attached hydrogen (secondary N) is 1. The standard InChI is InChI=1S/C20H24ClNO2S/c1-4-19(25-17-8-6-16(21)7-9-17)20(23)22-11-12-24-18-10-5-14(2)13-15(18)3/h5-10,13,19H,4,11-12H2,1-3H3,(H,22,23)/t19-/m0/s1. The summed E-state index contributed by atoms with van der Waals surface area (Å²) >= 11 is 7.45. The van der Waals surface area contributed by atoms with Crippen molar-refractivity contribution < 1.29 is 9.53 Å². The molecule has 0 radical (unpaired) electrons. The Kier molecular flexibility index (Phi) is 7.66. The van der Waals surface area contributed by atoms with Gasteiger partial charge in [-0.1, -0.05) is 36.2 Å². The molecule has 2 aromatic carbocycles. The van der Waals surface area contributed by atoms with Crippen molar-refractivity contribution in [3.8, 4) is 5.75 Å². The van der Waals surface area contributed by atoms with Gasteiger partial charge in [0, 0.05) is 9.92 Å². The Morgan fingerprint density at radius 1 is 1.20 bits per heavy atom. The highest BCUT2D eigenvalue weighted by Gasteiger charge is 2.17. The first-order valence-corrected chi connectivity index (χ1v) is 9.65. The van der Waals surface area contributed by atoms with Crippen molar-refractivity contribution in [3.63, 3.8) is 0 Å². The lowest BCUT2D eigenvalue weighted by atomic mass is 10.1. The van der Waals surface area contributed by atoms with Crippen LogP contribution in [0, 0.1) is 13.8 Å². The Balaban J connectivity index is 1.78. The Hall–Kier alpha value is -1.65. The van der Waals surface area contributed by atoms with Crippen LogP contribution in [0.3, 0.4) is 0 Å². The molecule has 0 spiro atoms. The molecule has 134 valence electrons. The van der Waals surface area contributed by atoms with Crippen LogP contribution in [0.1, 0.15) is 24.5 Å². The lowest BCUT2D eigenvalue weighted by Gasteiger charge is -2.15. The number of halogens is 1. The summed E-state index contributed by atoms with van der Waals surface area (Å²) in [6, 6.07) is 13.6. The summed E-state index contributed by atoms with van der Waals surface area (Å²) in [5.74, 6) is 0.897. The van der Waals surface area contributed by atoms with Crippen molar-refractivity contribution in [1.82, 2.24) is 5.32 Å². The van der Waals surface area contributed by atoms with Crippen LogP contribution in [0.5, 0.6) is 5.75 Å². The third-order valence-corrected chi connectivity index (χ3v) is 5.37. The van der Waals surface area contributed by atoms with E-state index in [1.165, 1.54) is 5.56 Å². The van der Waals surface area contributed by atoms with Gasteiger partial charge in [0.2, 0.25) is 5.91 Å². The average Bonchev–Trinajstić information content (AvgIpc) is 2.59. The monoisotopic (exact) mass is 377 g/mol. The van der Waals surface area contributed by atoms with Crippen LogP contribution >= 0.6 is 23.4 Å². The summed E-state index contributed by atoms with van der Waals surface area (Å²) in [5, 5.41) is 3.53. The molecule has 0 saturated heterocycles. The first-order chi connectivity index (χ1) is 12.0. The van der Waals surface area contributed by atoms with Gasteiger partial charge >= 0.3 is 0 Å². The summed E-state index contributed by atoms with van der Waals surface area (Å²) in [7, 11) is 0. The van der Waals surface area contributed by atoms with Gasteiger partial charge in [-0.05, 0) is 56.2 Å². The van der Waals surface area contributed by atoms with Crippen molar-refractivity contribution in [1.29, 1.82) is 0 Å². The fraction of sp³-hybridized carbons (Fsp3) is 0.350. The van der Waals surface area contributed by atoms with Gasteiger partial charge in [0.15, 0.2) is 0 Å². The van der Waals surface area contributed by atoms with E-state index in [9.17, 15) is 4.79 Å². The molecule has 1 atom stereocenters. The molecule has 0 heterocycles. The first kappa shape index (κ1) is 19.7. The molecular formula is C20H24ClNO2S. The minimum absolute atomic E-state index is 0.0340. The molecule has 5 heteroatoms. The Labute approximate surface area is 159 Å². The maximum atomic E-state index is 12.4. The van der Waals surface area contributed by atoms with E-state index in [1.54, 1.807) is 11.8 Å². The minimum atomic E-state index is -0.123. The van der Waals surface area contributed by atoms with Gasteiger partial charge in [-0.2, -0.15) is 0 Å². The zero-order valence-electron chi connectivity index (χ0n) is 14.8. The number of hydrogen-bond donors (Lipinski definition) is 1. The Morgan fingerprint density at radius 2 is 1.92 bits per heavy atom. The number of benzene rings is 2. The summed E-state index contributed by atoms with van der Waals surface area (Å²) < 4.78 is 5.75. The van der Waals surface area contributed by atoms with E-state index in [4.69, 9.17) is 16.3 Å². The fourth-order valence-electron chi connectivity index (χ4n) is 2.41. The van der Waals surface area contributed by atoms with E-state index < -0.39 is 0 Å². The van der Waals surface area contributed by atoms with Crippen LogP contribution in [0.15, 0.2) is 47.4 Å². The number of aryl methyl sites for hydroxylation is 2. The zero-order chi connectivity index (χ0) is 18.2. The molecule has 0 saturated carbocycles. The largest absolute Gasteiger partial charge is 0.491 e. The van der Waals surface area contributed by atoms with Gasteiger partial charge < -0.3 is 10.1 Å². The summed E-state index contributed by atoms with van der Waals surface area (Å²) in [5.41, 5.74) is 2.32. The number of carbonyl (C=O) groups is 1. The topological polar surface area (TPSA) is 38.3 Å². The number of rotatable bonds is 8. The Bertz CT molecular complexity index is 703. The fourth-order valence-corrected chi connectivity index (χ4v) is 3.51. The molecule has 2 aromatic rings. The summed E-state index contributed by atoms with van der Waals surface area (Å²) in [6.45, 7) is 7.04. The van der Waals surface area contributed by atoms with Crippen molar-refractivity contribution in [2.45, 2.75) is 37.3 Å². The van der Waals surface area contributed by atoms with Crippen LogP contribution in [0.25, 0.3) is 0 Å². The van der Waals surface area contributed by atoms with E-state index in [0.29, 0.717) is 18.2 Å². The molecule has 0 bridgehead atoms. The van der Waals surface area contributed by atoms with E-state index >= 15 is 0 Å². The smallest absolute Gasteiger partial charge is 0.233 e. The first-order valence-electron chi connectivity index (χ1n) is 8.39. The van der Waals surface area contributed by atoms with E-state index in [0.717, 1.165) is 22.6 Å². The third kappa shape index (κ3) is 6.29. The van der Waals surface area contributed by atoms with Crippen LogP contribution in [-0.4, -0.2) is 24.3 Å². The maximum absolute atomic E-state index is 12.4. The third-order valence-electron chi connectivity index (χ3n) is 3.74. The van der Waals surface area contributed by atoms with E-state index in [2.05, 4.69) is 18.3 Å². The maximum Gasteiger partial charge on any atom is 0.233 e. The molecule has 0 aromatic heterocycles. The molecule has 2 rings (SSSR count). The quantitative estimate of drug-likeness (QED) is 0.518. The number of carbonyl (C=O) groups excluding carboxylic acids is 1. The molecule has 3 nitrogen and oxygen atoms in total. The second-order valence-corrected chi connectivity index (χ2v) is 7.59. The van der Waals surface area contributed by atoms with Gasteiger partial charge in [0.1, 0.15) is 12.4 Å². The van der Waals surface area contributed by atoms with Crippen LogP contribution in [-0.2, 0) is 4.79 Å². The molecule has 0 aliphatic rings. The normalized spacial score (nSPS) is 11.8. The van der Waals surface area contributed by atoms with Crippen LogP contribution in [0.4, 0.5) is 0 Å². The minimum Gasteiger partial charge on any atom is -0.491 e. The number of hydrogen-bond acceptors (Lipinski definition) is 3. The van der Waals surface area contributed by atoms with Gasteiger partial charge in [-0.15, -0.1) is 11.8 Å². The Morgan fingerprint density at radius 3 is 2.56 bits per heavy atom. The predicted molar refractivity (Wildman–Crippen MR) is 106 cm³/mol. The molecular weight excluding hydrogens is 354 g/mol. The molecule has 0 aliphatic carbocycles. The van der Waals surface area contributed by atoms with Crippen molar-refractivity contribution in [2.24, 2.45) is 0 Å². The van der Waals surface area contributed by atoms with Gasteiger partial charge in [0.05, 0.1) is 11.8 Å². The SMILES string of the molecule is CC[C@H](Sc1ccc(Cl)cc1)C(=O)NCCOc1ccc(C)cc1C. The van der Waals surface area contributed by atoms with Crippen LogP contribution in [0.2, 0.25) is 5.02 Å². The highest BCUT2D eigenvalue weighted by molar-refractivity contribution is 8.00. The molecule has 25 heavy (non-hydrogen) atoms. The summed E-state index contributed by atoms with van der Waals surface area (Å²) in [4.78, 5) is 13.4. The van der Waals surface area contributed by atoms with Crippen LogP contribution < -0.4 is 10.1 Å². The lowest BCUT2D eigenvalue weighted by molar-refractivity contribution is -0.120. The van der Waals surface area contributed by atoms with E-state index in [-0.39, 0.29) is 11.2 Å².